The fourth-order valence-electron chi connectivity index (χ4n) is 5.67. The highest BCUT2D eigenvalue weighted by Crippen LogP contribution is 2.47. The number of hydrogen-bond donors (Lipinski definition) is 2. The Hall–Kier alpha value is -4.80. The third kappa shape index (κ3) is 5.47. The predicted molar refractivity (Wildman–Crippen MR) is 152 cm³/mol. The SMILES string of the molecule is COc1ccc([C@H]2C(C(=O)Nc3ncccc3C)=C(C)NC3=C2C(=O)CC(C)(C)C3)cc1Cn1cc([N+](=O)[O-])cn1. The molecule has 1 aromatic carbocycles. The van der Waals surface area contributed by atoms with Crippen molar-refractivity contribution >= 4 is 23.2 Å². The fraction of sp³-hybridized carbons (Fsp3) is 0.333. The number of ketones is 1. The molecule has 212 valence electrons. The maximum absolute atomic E-state index is 13.9. The molecular formula is C30H32N6O5. The van der Waals surface area contributed by atoms with E-state index in [1.165, 1.54) is 17.1 Å². The lowest BCUT2D eigenvalue weighted by Gasteiger charge is -2.39. The number of amides is 1. The minimum atomic E-state index is -0.643. The molecule has 1 atom stereocenters. The topological polar surface area (TPSA) is 141 Å². The molecule has 5 rings (SSSR count). The van der Waals surface area contributed by atoms with Crippen molar-refractivity contribution < 1.29 is 19.2 Å². The summed E-state index contributed by atoms with van der Waals surface area (Å²) >= 11 is 0. The number of nitrogens with one attached hydrogen (secondary N) is 2. The van der Waals surface area contributed by atoms with Crippen molar-refractivity contribution in [1.82, 2.24) is 20.1 Å². The predicted octanol–water partition coefficient (Wildman–Crippen LogP) is 4.79. The highest BCUT2D eigenvalue weighted by atomic mass is 16.6. The van der Waals surface area contributed by atoms with Crippen molar-refractivity contribution in [3.63, 3.8) is 0 Å². The molecular weight excluding hydrogens is 524 g/mol. The lowest BCUT2D eigenvalue weighted by Crippen LogP contribution is -2.39. The highest BCUT2D eigenvalue weighted by Gasteiger charge is 2.43. The summed E-state index contributed by atoms with van der Waals surface area (Å²) in [5.74, 6) is -0.00717. The summed E-state index contributed by atoms with van der Waals surface area (Å²) < 4.78 is 7.05. The van der Waals surface area contributed by atoms with Crippen LogP contribution in [-0.4, -0.2) is 38.5 Å². The van der Waals surface area contributed by atoms with E-state index in [1.807, 2.05) is 32.0 Å². The van der Waals surface area contributed by atoms with Crippen LogP contribution < -0.4 is 15.4 Å². The number of benzene rings is 1. The summed E-state index contributed by atoms with van der Waals surface area (Å²) in [6.45, 7) is 8.02. The van der Waals surface area contributed by atoms with Crippen molar-refractivity contribution in [2.75, 3.05) is 12.4 Å². The molecule has 0 bridgehead atoms. The van der Waals surface area contributed by atoms with E-state index in [0.29, 0.717) is 46.8 Å². The van der Waals surface area contributed by atoms with E-state index in [9.17, 15) is 19.7 Å². The Balaban J connectivity index is 1.61. The largest absolute Gasteiger partial charge is 0.496 e. The van der Waals surface area contributed by atoms with Gasteiger partial charge in [-0.2, -0.15) is 5.10 Å². The normalized spacial score (nSPS) is 18.1. The zero-order valence-electron chi connectivity index (χ0n) is 23.6. The molecule has 2 N–H and O–H groups in total. The lowest BCUT2D eigenvalue weighted by molar-refractivity contribution is -0.385. The molecule has 11 heteroatoms. The molecule has 2 aromatic heterocycles. The zero-order chi connectivity index (χ0) is 29.5. The van der Waals surface area contributed by atoms with Gasteiger partial charge in [-0.1, -0.05) is 26.0 Å². The summed E-state index contributed by atoms with van der Waals surface area (Å²) in [5.41, 5.74) is 4.37. The van der Waals surface area contributed by atoms with Gasteiger partial charge in [0.15, 0.2) is 5.78 Å². The van der Waals surface area contributed by atoms with Crippen LogP contribution >= 0.6 is 0 Å². The van der Waals surface area contributed by atoms with Crippen molar-refractivity contribution in [2.45, 2.75) is 53.0 Å². The van der Waals surface area contributed by atoms with Crippen LogP contribution in [0.1, 0.15) is 56.2 Å². The first-order chi connectivity index (χ1) is 19.5. The van der Waals surface area contributed by atoms with Crippen LogP contribution in [0.3, 0.4) is 0 Å². The smallest absolute Gasteiger partial charge is 0.307 e. The minimum Gasteiger partial charge on any atom is -0.496 e. The Morgan fingerprint density at radius 3 is 2.73 bits per heavy atom. The number of methoxy groups -OCH3 is 1. The van der Waals surface area contributed by atoms with Crippen LogP contribution in [0.4, 0.5) is 11.5 Å². The first-order valence-corrected chi connectivity index (χ1v) is 13.3. The fourth-order valence-corrected chi connectivity index (χ4v) is 5.67. The molecule has 0 radical (unpaired) electrons. The molecule has 3 heterocycles. The molecule has 0 saturated carbocycles. The number of nitro groups is 1. The number of ether oxygens (including phenoxy) is 1. The number of hydrogen-bond acceptors (Lipinski definition) is 8. The molecule has 0 saturated heterocycles. The second-order valence-corrected chi connectivity index (χ2v) is 11.3. The maximum Gasteiger partial charge on any atom is 0.307 e. The Morgan fingerprint density at radius 2 is 2.05 bits per heavy atom. The number of carbonyl (C=O) groups is 2. The Bertz CT molecular complexity index is 1630. The average molecular weight is 557 g/mol. The van der Waals surface area contributed by atoms with Crippen LogP contribution in [0.2, 0.25) is 0 Å². The molecule has 2 aliphatic rings. The number of anilines is 1. The zero-order valence-corrected chi connectivity index (χ0v) is 23.6. The molecule has 3 aromatic rings. The van der Waals surface area contributed by atoms with Gasteiger partial charge in [0.25, 0.3) is 5.91 Å². The number of pyridine rings is 1. The van der Waals surface area contributed by atoms with E-state index in [4.69, 9.17) is 4.74 Å². The monoisotopic (exact) mass is 556 g/mol. The highest BCUT2D eigenvalue weighted by molar-refractivity contribution is 6.09. The number of nitrogens with zero attached hydrogens (tertiary/aromatic N) is 4. The minimum absolute atomic E-state index is 0.0133. The number of dihydropyridines is 1. The lowest BCUT2D eigenvalue weighted by atomic mass is 9.68. The van der Waals surface area contributed by atoms with Gasteiger partial charge < -0.3 is 15.4 Å². The molecule has 0 spiro atoms. The van der Waals surface area contributed by atoms with Gasteiger partial charge in [-0.05, 0) is 55.0 Å². The number of rotatable bonds is 7. The molecule has 1 aliphatic heterocycles. The first kappa shape index (κ1) is 27.8. The first-order valence-electron chi connectivity index (χ1n) is 13.3. The van der Waals surface area contributed by atoms with Crippen LogP contribution in [0.15, 0.2) is 71.5 Å². The molecule has 0 fully saturated rings. The Morgan fingerprint density at radius 1 is 1.27 bits per heavy atom. The van der Waals surface area contributed by atoms with E-state index in [2.05, 4.69) is 34.6 Å². The molecule has 0 unspecified atom stereocenters. The van der Waals surface area contributed by atoms with E-state index in [1.54, 1.807) is 25.4 Å². The van der Waals surface area contributed by atoms with E-state index >= 15 is 0 Å². The van der Waals surface area contributed by atoms with E-state index < -0.39 is 10.8 Å². The summed E-state index contributed by atoms with van der Waals surface area (Å²) in [6, 6.07) is 9.19. The maximum atomic E-state index is 13.9. The van der Waals surface area contributed by atoms with Crippen molar-refractivity contribution in [1.29, 1.82) is 0 Å². The number of Topliss-reactive ketones (excluding diaryl/α,β-unsaturated/α-hetero) is 1. The molecule has 11 nitrogen and oxygen atoms in total. The van der Waals surface area contributed by atoms with Gasteiger partial charge in [0.05, 0.1) is 18.6 Å². The van der Waals surface area contributed by atoms with Crippen LogP contribution in [0.25, 0.3) is 0 Å². The van der Waals surface area contributed by atoms with Gasteiger partial charge in [0.1, 0.15) is 24.0 Å². The second-order valence-electron chi connectivity index (χ2n) is 11.3. The van der Waals surface area contributed by atoms with E-state index in [0.717, 1.165) is 16.8 Å². The van der Waals surface area contributed by atoms with Crippen molar-refractivity contribution in [2.24, 2.45) is 5.41 Å². The molecule has 1 aliphatic carbocycles. The Kier molecular flexibility index (Phi) is 7.20. The van der Waals surface area contributed by atoms with Gasteiger partial charge in [0.2, 0.25) is 0 Å². The van der Waals surface area contributed by atoms with Gasteiger partial charge in [0, 0.05) is 46.6 Å². The van der Waals surface area contributed by atoms with E-state index in [-0.39, 0.29) is 29.3 Å². The van der Waals surface area contributed by atoms with Crippen LogP contribution in [-0.2, 0) is 16.1 Å². The van der Waals surface area contributed by atoms with Gasteiger partial charge in [-0.25, -0.2) is 4.98 Å². The van der Waals surface area contributed by atoms with Crippen molar-refractivity contribution in [3.8, 4) is 5.75 Å². The van der Waals surface area contributed by atoms with Gasteiger partial charge in [-0.3, -0.25) is 24.4 Å². The second kappa shape index (κ2) is 10.6. The van der Waals surface area contributed by atoms with Crippen molar-refractivity contribution in [3.05, 3.63) is 98.3 Å². The third-order valence-corrected chi connectivity index (χ3v) is 7.53. The average Bonchev–Trinajstić information content (AvgIpc) is 3.37. The number of allylic oxidation sites excluding steroid dienone is 3. The number of carbonyl (C=O) groups excluding carboxylic acids is 2. The Labute approximate surface area is 237 Å². The third-order valence-electron chi connectivity index (χ3n) is 7.53. The standard InChI is InChI=1S/C30H32N6O5/c1-17-7-6-10-31-28(17)34-29(38)25-18(2)33-22-12-30(3,4)13-23(37)27(22)26(25)19-8-9-24(41-5)20(11-19)15-35-16-21(14-32-35)36(39)40/h6-11,14,16,26,33H,12-13,15H2,1-5H3,(H,31,34,38)/t26-/m0/s1. The van der Waals surface area contributed by atoms with Crippen LogP contribution in [0.5, 0.6) is 5.75 Å². The molecule has 41 heavy (non-hydrogen) atoms. The van der Waals surface area contributed by atoms with Gasteiger partial charge >= 0.3 is 5.69 Å². The van der Waals surface area contributed by atoms with Gasteiger partial charge in [-0.15, -0.1) is 0 Å². The quantitative estimate of drug-likeness (QED) is 0.312. The summed E-state index contributed by atoms with van der Waals surface area (Å²) in [5, 5.41) is 21.6. The molecule has 1 amide bonds. The summed E-state index contributed by atoms with van der Waals surface area (Å²) in [7, 11) is 1.54. The summed E-state index contributed by atoms with van der Waals surface area (Å²) in [4.78, 5) is 42.6. The number of aryl methyl sites for hydroxylation is 1. The number of aromatic nitrogens is 3. The van der Waals surface area contributed by atoms with Crippen LogP contribution in [0, 0.1) is 22.5 Å². The summed E-state index contributed by atoms with van der Waals surface area (Å²) in [6.07, 6.45) is 5.18.